The van der Waals surface area contributed by atoms with Crippen LogP contribution in [0.3, 0.4) is 0 Å². The Kier molecular flexibility index (Phi) is 4.52. The van der Waals surface area contributed by atoms with E-state index in [0.29, 0.717) is 6.54 Å². The molecule has 2 N–H and O–H groups in total. The number of hydrogen-bond acceptors (Lipinski definition) is 4. The molecule has 1 fully saturated rings. The molecule has 1 aliphatic heterocycles. The molecule has 100 valence electrons. The number of carbonyl (C=O) groups excluding carboxylic acids is 1. The van der Waals surface area contributed by atoms with E-state index in [1.807, 2.05) is 26.0 Å². The van der Waals surface area contributed by atoms with Gasteiger partial charge in [-0.1, -0.05) is 0 Å². The zero-order valence-electron chi connectivity index (χ0n) is 11.7. The molecule has 0 aromatic carbocycles. The lowest BCUT2D eigenvalue weighted by molar-refractivity contribution is -0.150. The number of likely N-dealkylation sites (N-methyl/N-ethyl adjacent to an activating group) is 2. The smallest absolute Gasteiger partial charge is 0.241 e. The van der Waals surface area contributed by atoms with Crippen molar-refractivity contribution >= 4 is 5.91 Å². The Hall–Kier alpha value is -0.650. The first-order valence-electron chi connectivity index (χ1n) is 6.16. The standard InChI is InChI=1S/C12H26N4O/c1-12(2)9-15(5)10(8-13)11(17)16(12)7-6-14(3)4/h10H,6-9,13H2,1-5H3. The topological polar surface area (TPSA) is 52.8 Å². The number of nitrogens with two attached hydrogens (primary N) is 1. The summed E-state index contributed by atoms with van der Waals surface area (Å²) in [5.41, 5.74) is 5.57. The molecule has 1 atom stereocenters. The van der Waals surface area contributed by atoms with E-state index in [1.165, 1.54) is 0 Å². The van der Waals surface area contributed by atoms with Crippen LogP contribution in [0.1, 0.15) is 13.8 Å². The zero-order chi connectivity index (χ0) is 13.2. The van der Waals surface area contributed by atoms with Crippen LogP contribution in [0.5, 0.6) is 0 Å². The third-order valence-corrected chi connectivity index (χ3v) is 3.44. The SMILES string of the molecule is CN(C)CCN1C(=O)C(CN)N(C)CC1(C)C. The summed E-state index contributed by atoms with van der Waals surface area (Å²) < 4.78 is 0. The van der Waals surface area contributed by atoms with Crippen LogP contribution in [0.25, 0.3) is 0 Å². The summed E-state index contributed by atoms with van der Waals surface area (Å²) in [7, 11) is 6.02. The van der Waals surface area contributed by atoms with E-state index in [1.54, 1.807) is 0 Å². The van der Waals surface area contributed by atoms with Crippen LogP contribution in [0.2, 0.25) is 0 Å². The normalized spacial score (nSPS) is 25.7. The van der Waals surface area contributed by atoms with Gasteiger partial charge in [-0.05, 0) is 35.0 Å². The minimum atomic E-state index is -0.162. The van der Waals surface area contributed by atoms with Gasteiger partial charge in [0.25, 0.3) is 0 Å². The summed E-state index contributed by atoms with van der Waals surface area (Å²) in [6.45, 7) is 7.14. The van der Waals surface area contributed by atoms with Crippen molar-refractivity contribution in [1.82, 2.24) is 14.7 Å². The molecule has 5 heteroatoms. The van der Waals surface area contributed by atoms with Gasteiger partial charge in [-0.25, -0.2) is 0 Å². The van der Waals surface area contributed by atoms with Crippen LogP contribution in [0.15, 0.2) is 0 Å². The molecule has 1 unspecified atom stereocenters. The van der Waals surface area contributed by atoms with Gasteiger partial charge < -0.3 is 15.5 Å². The summed E-state index contributed by atoms with van der Waals surface area (Å²) in [5.74, 6) is 0.160. The Morgan fingerprint density at radius 2 is 2.06 bits per heavy atom. The van der Waals surface area contributed by atoms with Gasteiger partial charge in [-0.2, -0.15) is 0 Å². The fraction of sp³-hybridized carbons (Fsp3) is 0.917. The van der Waals surface area contributed by atoms with Gasteiger partial charge in [-0.3, -0.25) is 9.69 Å². The molecule has 0 aliphatic carbocycles. The molecule has 1 rings (SSSR count). The predicted molar refractivity (Wildman–Crippen MR) is 69.8 cm³/mol. The van der Waals surface area contributed by atoms with E-state index in [-0.39, 0.29) is 17.5 Å². The minimum Gasteiger partial charge on any atom is -0.334 e. The van der Waals surface area contributed by atoms with Crippen LogP contribution in [0, 0.1) is 0 Å². The highest BCUT2D eigenvalue weighted by atomic mass is 16.2. The fourth-order valence-electron chi connectivity index (χ4n) is 2.47. The average molecular weight is 242 g/mol. The summed E-state index contributed by atoms with van der Waals surface area (Å²) in [6.07, 6.45) is 0. The lowest BCUT2D eigenvalue weighted by Crippen LogP contribution is -2.67. The van der Waals surface area contributed by atoms with E-state index in [9.17, 15) is 4.79 Å². The first-order valence-corrected chi connectivity index (χ1v) is 6.16. The van der Waals surface area contributed by atoms with Crippen molar-refractivity contribution in [3.63, 3.8) is 0 Å². The van der Waals surface area contributed by atoms with Crippen LogP contribution in [-0.2, 0) is 4.79 Å². The Bertz CT molecular complexity index is 278. The van der Waals surface area contributed by atoms with E-state index in [0.717, 1.165) is 19.6 Å². The second-order valence-electron chi connectivity index (χ2n) is 5.77. The molecule has 17 heavy (non-hydrogen) atoms. The maximum atomic E-state index is 12.4. The molecule has 0 aromatic rings. The van der Waals surface area contributed by atoms with Crippen molar-refractivity contribution in [2.45, 2.75) is 25.4 Å². The summed E-state index contributed by atoms with van der Waals surface area (Å²) in [4.78, 5) is 18.5. The van der Waals surface area contributed by atoms with Gasteiger partial charge in [0.15, 0.2) is 0 Å². The van der Waals surface area contributed by atoms with Gasteiger partial charge >= 0.3 is 0 Å². The zero-order valence-corrected chi connectivity index (χ0v) is 11.7. The van der Waals surface area contributed by atoms with Crippen LogP contribution >= 0.6 is 0 Å². The third-order valence-electron chi connectivity index (χ3n) is 3.44. The van der Waals surface area contributed by atoms with E-state index in [4.69, 9.17) is 5.73 Å². The molecule has 1 heterocycles. The Morgan fingerprint density at radius 1 is 1.47 bits per heavy atom. The van der Waals surface area contributed by atoms with Gasteiger partial charge in [0.05, 0.1) is 5.54 Å². The minimum absolute atomic E-state index is 0.118. The Morgan fingerprint density at radius 3 is 2.53 bits per heavy atom. The van der Waals surface area contributed by atoms with Crippen molar-refractivity contribution in [1.29, 1.82) is 0 Å². The van der Waals surface area contributed by atoms with Gasteiger partial charge in [0.2, 0.25) is 5.91 Å². The van der Waals surface area contributed by atoms with Crippen molar-refractivity contribution in [2.24, 2.45) is 5.73 Å². The largest absolute Gasteiger partial charge is 0.334 e. The van der Waals surface area contributed by atoms with Crippen molar-refractivity contribution in [3.8, 4) is 0 Å². The molecular formula is C12H26N4O. The third kappa shape index (κ3) is 3.18. The first-order chi connectivity index (χ1) is 7.79. The summed E-state index contributed by atoms with van der Waals surface area (Å²) >= 11 is 0. The van der Waals surface area contributed by atoms with Crippen LogP contribution < -0.4 is 5.73 Å². The molecule has 0 spiro atoms. The number of carbonyl (C=O) groups is 1. The number of amides is 1. The second-order valence-corrected chi connectivity index (χ2v) is 5.77. The van der Waals surface area contributed by atoms with Crippen molar-refractivity contribution in [2.75, 3.05) is 47.3 Å². The van der Waals surface area contributed by atoms with Crippen LogP contribution in [0.4, 0.5) is 0 Å². The summed E-state index contributed by atoms with van der Waals surface area (Å²) in [5, 5.41) is 0. The Labute approximate surface area is 105 Å². The maximum absolute atomic E-state index is 12.4. The molecule has 0 saturated carbocycles. The number of piperazine rings is 1. The van der Waals surface area contributed by atoms with Gasteiger partial charge in [0, 0.05) is 26.2 Å². The van der Waals surface area contributed by atoms with Gasteiger partial charge in [0.1, 0.15) is 6.04 Å². The lowest BCUT2D eigenvalue weighted by atomic mass is 9.95. The number of nitrogens with zero attached hydrogens (tertiary/aromatic N) is 3. The summed E-state index contributed by atoms with van der Waals surface area (Å²) in [6, 6.07) is -0.162. The molecule has 0 radical (unpaired) electrons. The van der Waals surface area contributed by atoms with E-state index >= 15 is 0 Å². The lowest BCUT2D eigenvalue weighted by Gasteiger charge is -2.49. The highest BCUT2D eigenvalue weighted by Crippen LogP contribution is 2.23. The van der Waals surface area contributed by atoms with Crippen molar-refractivity contribution < 1.29 is 4.79 Å². The molecule has 0 aromatic heterocycles. The van der Waals surface area contributed by atoms with Crippen LogP contribution in [-0.4, -0.2) is 79.5 Å². The predicted octanol–water partition coefficient (Wildman–Crippen LogP) is -0.572. The molecular weight excluding hydrogens is 216 g/mol. The van der Waals surface area contributed by atoms with E-state index < -0.39 is 0 Å². The van der Waals surface area contributed by atoms with Gasteiger partial charge in [-0.15, -0.1) is 0 Å². The highest BCUT2D eigenvalue weighted by Gasteiger charge is 2.42. The monoisotopic (exact) mass is 242 g/mol. The van der Waals surface area contributed by atoms with E-state index in [2.05, 4.69) is 23.6 Å². The number of hydrogen-bond donors (Lipinski definition) is 1. The average Bonchev–Trinajstić information content (AvgIpc) is 2.15. The second kappa shape index (κ2) is 5.33. The number of rotatable bonds is 4. The van der Waals surface area contributed by atoms with Crippen molar-refractivity contribution in [3.05, 3.63) is 0 Å². The molecule has 5 nitrogen and oxygen atoms in total. The maximum Gasteiger partial charge on any atom is 0.241 e. The molecule has 1 aliphatic rings. The first kappa shape index (κ1) is 14.4. The quantitative estimate of drug-likeness (QED) is 0.717. The highest BCUT2D eigenvalue weighted by molar-refractivity contribution is 5.83. The Balaban J connectivity index is 2.80. The molecule has 1 saturated heterocycles. The molecule has 1 amide bonds. The fourth-order valence-corrected chi connectivity index (χ4v) is 2.47. The molecule has 0 bridgehead atoms.